The summed E-state index contributed by atoms with van der Waals surface area (Å²) >= 11 is 0. The molecule has 1 aromatic heterocycles. The Balaban J connectivity index is 1.37. The predicted molar refractivity (Wildman–Crippen MR) is 97.5 cm³/mol. The van der Waals surface area contributed by atoms with Crippen LogP contribution in [0.25, 0.3) is 0 Å². The summed E-state index contributed by atoms with van der Waals surface area (Å²) in [5, 5.41) is 0. The highest BCUT2D eigenvalue weighted by atomic mass is 16.2. The summed E-state index contributed by atoms with van der Waals surface area (Å²) in [4.78, 5) is 26.0. The maximum atomic E-state index is 12.7. The summed E-state index contributed by atoms with van der Waals surface area (Å²) in [6, 6.07) is 8.23. The zero-order valence-electron chi connectivity index (χ0n) is 14.7. The fourth-order valence-corrected chi connectivity index (χ4v) is 3.75. The van der Waals surface area contributed by atoms with E-state index in [0.717, 1.165) is 62.6 Å². The SMILES string of the molecule is CCc1ncc2c(n1)CN(CCC(=O)N1CCc3ccccc31)CC2. The Morgan fingerprint density at radius 1 is 1.16 bits per heavy atom. The van der Waals surface area contributed by atoms with E-state index in [1.165, 1.54) is 11.1 Å². The molecule has 0 spiro atoms. The smallest absolute Gasteiger partial charge is 0.228 e. The van der Waals surface area contributed by atoms with Gasteiger partial charge in [0.05, 0.1) is 5.69 Å². The zero-order valence-corrected chi connectivity index (χ0v) is 14.7. The van der Waals surface area contributed by atoms with Gasteiger partial charge in [0.2, 0.25) is 5.91 Å². The highest BCUT2D eigenvalue weighted by molar-refractivity contribution is 5.95. The Morgan fingerprint density at radius 3 is 2.88 bits per heavy atom. The van der Waals surface area contributed by atoms with E-state index in [1.807, 2.05) is 23.2 Å². The van der Waals surface area contributed by atoms with Crippen molar-refractivity contribution in [3.8, 4) is 0 Å². The quantitative estimate of drug-likeness (QED) is 0.860. The number of aryl methyl sites for hydroxylation is 1. The predicted octanol–water partition coefficient (Wildman–Crippen LogP) is 2.38. The number of rotatable bonds is 4. The lowest BCUT2D eigenvalue weighted by molar-refractivity contribution is -0.118. The molecule has 3 heterocycles. The van der Waals surface area contributed by atoms with Gasteiger partial charge in [-0.1, -0.05) is 25.1 Å². The summed E-state index contributed by atoms with van der Waals surface area (Å²) in [5.41, 5.74) is 4.77. The van der Waals surface area contributed by atoms with Crippen LogP contribution in [0.15, 0.2) is 30.5 Å². The van der Waals surface area contributed by atoms with E-state index in [9.17, 15) is 4.79 Å². The Hall–Kier alpha value is -2.27. The highest BCUT2D eigenvalue weighted by Crippen LogP contribution is 2.28. The van der Waals surface area contributed by atoms with Crippen LogP contribution in [0, 0.1) is 0 Å². The second kappa shape index (κ2) is 6.92. The molecule has 0 bridgehead atoms. The zero-order chi connectivity index (χ0) is 17.2. The maximum absolute atomic E-state index is 12.7. The molecule has 5 heteroatoms. The number of carbonyl (C=O) groups is 1. The van der Waals surface area contributed by atoms with Gasteiger partial charge in [0, 0.05) is 50.9 Å². The highest BCUT2D eigenvalue weighted by Gasteiger charge is 2.25. The largest absolute Gasteiger partial charge is 0.312 e. The van der Waals surface area contributed by atoms with Crippen LogP contribution in [-0.4, -0.2) is 40.4 Å². The summed E-state index contributed by atoms with van der Waals surface area (Å²) in [5.74, 6) is 1.14. The van der Waals surface area contributed by atoms with Crippen molar-refractivity contribution in [2.24, 2.45) is 0 Å². The molecule has 0 N–H and O–H groups in total. The van der Waals surface area contributed by atoms with E-state index in [2.05, 4.69) is 33.9 Å². The van der Waals surface area contributed by atoms with Crippen LogP contribution in [0.3, 0.4) is 0 Å². The molecule has 25 heavy (non-hydrogen) atoms. The Labute approximate surface area is 148 Å². The monoisotopic (exact) mass is 336 g/mol. The molecule has 0 aliphatic carbocycles. The summed E-state index contributed by atoms with van der Waals surface area (Å²) in [6.45, 7) is 5.49. The minimum Gasteiger partial charge on any atom is -0.312 e. The molecule has 0 atom stereocenters. The van der Waals surface area contributed by atoms with Gasteiger partial charge < -0.3 is 4.90 Å². The van der Waals surface area contributed by atoms with E-state index in [1.54, 1.807) is 0 Å². The second-order valence-electron chi connectivity index (χ2n) is 6.81. The number of anilines is 1. The van der Waals surface area contributed by atoms with E-state index >= 15 is 0 Å². The third-order valence-electron chi connectivity index (χ3n) is 5.22. The van der Waals surface area contributed by atoms with Gasteiger partial charge in [0.1, 0.15) is 5.82 Å². The molecule has 1 amide bonds. The van der Waals surface area contributed by atoms with Gasteiger partial charge in [0.25, 0.3) is 0 Å². The van der Waals surface area contributed by atoms with Gasteiger partial charge in [0.15, 0.2) is 0 Å². The van der Waals surface area contributed by atoms with Gasteiger partial charge in [-0.15, -0.1) is 0 Å². The molecular formula is C20H24N4O. The molecule has 0 fully saturated rings. The molecule has 0 radical (unpaired) electrons. The molecule has 130 valence electrons. The van der Waals surface area contributed by atoms with Crippen LogP contribution in [0.1, 0.15) is 36.0 Å². The van der Waals surface area contributed by atoms with Crippen molar-refractivity contribution in [1.29, 1.82) is 0 Å². The molecule has 5 nitrogen and oxygen atoms in total. The first-order chi connectivity index (χ1) is 12.2. The Kier molecular flexibility index (Phi) is 4.49. The van der Waals surface area contributed by atoms with Crippen molar-refractivity contribution in [2.75, 3.05) is 24.5 Å². The van der Waals surface area contributed by atoms with Gasteiger partial charge in [-0.25, -0.2) is 9.97 Å². The number of fused-ring (bicyclic) bond motifs is 2. The summed E-state index contributed by atoms with van der Waals surface area (Å²) in [6.07, 6.45) is 5.34. The number of amides is 1. The minimum absolute atomic E-state index is 0.229. The summed E-state index contributed by atoms with van der Waals surface area (Å²) in [7, 11) is 0. The summed E-state index contributed by atoms with van der Waals surface area (Å²) < 4.78 is 0. The topological polar surface area (TPSA) is 49.3 Å². The third-order valence-corrected chi connectivity index (χ3v) is 5.22. The molecular weight excluding hydrogens is 312 g/mol. The average molecular weight is 336 g/mol. The van der Waals surface area contributed by atoms with E-state index in [4.69, 9.17) is 0 Å². The molecule has 0 saturated heterocycles. The fraction of sp³-hybridized carbons (Fsp3) is 0.450. The van der Waals surface area contributed by atoms with Crippen molar-refractivity contribution < 1.29 is 4.79 Å². The molecule has 2 aliphatic heterocycles. The van der Waals surface area contributed by atoms with Crippen molar-refractivity contribution in [3.63, 3.8) is 0 Å². The van der Waals surface area contributed by atoms with Crippen molar-refractivity contribution in [1.82, 2.24) is 14.9 Å². The van der Waals surface area contributed by atoms with Gasteiger partial charge in [-0.05, 0) is 30.0 Å². The van der Waals surface area contributed by atoms with Crippen LogP contribution >= 0.6 is 0 Å². The molecule has 2 aromatic rings. The minimum atomic E-state index is 0.229. The normalized spacial score (nSPS) is 16.6. The lowest BCUT2D eigenvalue weighted by atomic mass is 10.1. The first-order valence-electron chi connectivity index (χ1n) is 9.19. The van der Waals surface area contributed by atoms with Gasteiger partial charge in [-0.2, -0.15) is 0 Å². The van der Waals surface area contributed by atoms with Gasteiger partial charge >= 0.3 is 0 Å². The number of hydrogen-bond acceptors (Lipinski definition) is 4. The first-order valence-corrected chi connectivity index (χ1v) is 9.19. The standard InChI is InChI=1S/C20H24N4O/c1-2-19-21-13-16-7-10-23(14-17(16)22-19)11-9-20(25)24-12-8-15-5-3-4-6-18(15)24/h3-6,13H,2,7-12,14H2,1H3. The number of carbonyl (C=O) groups excluding carboxylic acids is 1. The molecule has 0 unspecified atom stereocenters. The molecule has 4 rings (SSSR count). The number of hydrogen-bond donors (Lipinski definition) is 0. The van der Waals surface area contributed by atoms with E-state index in [-0.39, 0.29) is 5.91 Å². The second-order valence-corrected chi connectivity index (χ2v) is 6.81. The van der Waals surface area contributed by atoms with Crippen LogP contribution in [0.2, 0.25) is 0 Å². The number of aromatic nitrogens is 2. The number of nitrogens with zero attached hydrogens (tertiary/aromatic N) is 4. The molecule has 0 saturated carbocycles. The number of benzene rings is 1. The first kappa shape index (κ1) is 16.2. The van der Waals surface area contributed by atoms with Crippen molar-refractivity contribution >= 4 is 11.6 Å². The fourth-order valence-electron chi connectivity index (χ4n) is 3.75. The average Bonchev–Trinajstić information content (AvgIpc) is 3.09. The lowest BCUT2D eigenvalue weighted by Gasteiger charge is -2.28. The Morgan fingerprint density at radius 2 is 2.00 bits per heavy atom. The third kappa shape index (κ3) is 3.29. The van der Waals surface area contributed by atoms with Crippen LogP contribution < -0.4 is 4.90 Å². The maximum Gasteiger partial charge on any atom is 0.228 e. The van der Waals surface area contributed by atoms with Crippen LogP contribution in [0.4, 0.5) is 5.69 Å². The molecule has 2 aliphatic rings. The number of para-hydroxylation sites is 1. The molecule has 1 aromatic carbocycles. The Bertz CT molecular complexity index is 789. The van der Waals surface area contributed by atoms with E-state index < -0.39 is 0 Å². The van der Waals surface area contributed by atoms with Crippen molar-refractivity contribution in [2.45, 2.75) is 39.2 Å². The van der Waals surface area contributed by atoms with E-state index in [0.29, 0.717) is 6.42 Å². The van der Waals surface area contributed by atoms with Crippen molar-refractivity contribution in [3.05, 3.63) is 53.1 Å². The van der Waals surface area contributed by atoms with Crippen LogP contribution in [-0.2, 0) is 30.6 Å². The van der Waals surface area contributed by atoms with Crippen LogP contribution in [0.5, 0.6) is 0 Å². The van der Waals surface area contributed by atoms with Gasteiger partial charge in [-0.3, -0.25) is 9.69 Å². The lowest BCUT2D eigenvalue weighted by Crippen LogP contribution is -2.36.